The van der Waals surface area contributed by atoms with Gasteiger partial charge in [-0.15, -0.1) is 5.10 Å². The van der Waals surface area contributed by atoms with Gasteiger partial charge in [0.05, 0.1) is 5.69 Å². The van der Waals surface area contributed by atoms with Crippen molar-refractivity contribution in [1.82, 2.24) is 14.8 Å². The average Bonchev–Trinajstić information content (AvgIpc) is 2.83. The number of hydrogen-bond donors (Lipinski definition) is 1. The van der Waals surface area contributed by atoms with Crippen molar-refractivity contribution in [1.29, 1.82) is 0 Å². The van der Waals surface area contributed by atoms with E-state index in [0.717, 1.165) is 24.7 Å². The fraction of sp³-hybridized carbons (Fsp3) is 0.429. The highest BCUT2D eigenvalue weighted by Crippen LogP contribution is 2.22. The van der Waals surface area contributed by atoms with Gasteiger partial charge < -0.3 is 4.90 Å². The lowest BCUT2D eigenvalue weighted by atomic mass is 10.1. The molecule has 1 aromatic carbocycles. The Hall–Kier alpha value is -1.62. The van der Waals surface area contributed by atoms with E-state index in [1.807, 2.05) is 4.57 Å². The number of aromatic nitrogens is 3. The molecule has 4 nitrogen and oxygen atoms in total. The van der Waals surface area contributed by atoms with Gasteiger partial charge in [0.25, 0.3) is 0 Å². The Morgan fingerprint density at radius 1 is 1.11 bits per heavy atom. The third-order valence-electron chi connectivity index (χ3n) is 3.59. The second-order valence-electron chi connectivity index (χ2n) is 5.05. The van der Waals surface area contributed by atoms with E-state index in [0.29, 0.717) is 4.77 Å². The molecular formula is C14H18N4S. The second kappa shape index (κ2) is 5.17. The minimum absolute atomic E-state index is 0.657. The van der Waals surface area contributed by atoms with Crippen LogP contribution in [0.5, 0.6) is 0 Å². The molecule has 100 valence electrons. The van der Waals surface area contributed by atoms with Gasteiger partial charge in [-0.05, 0) is 50.5 Å². The van der Waals surface area contributed by atoms with E-state index < -0.39 is 0 Å². The second-order valence-corrected chi connectivity index (χ2v) is 5.43. The number of aryl methyl sites for hydroxylation is 1. The lowest BCUT2D eigenvalue weighted by molar-refractivity contribution is 0.565. The fourth-order valence-electron chi connectivity index (χ4n) is 2.52. The molecule has 0 amide bonds. The number of nitrogens with zero attached hydrogens (tertiary/aromatic N) is 3. The first kappa shape index (κ1) is 12.4. The zero-order valence-electron chi connectivity index (χ0n) is 11.1. The maximum Gasteiger partial charge on any atom is 0.230 e. The average molecular weight is 274 g/mol. The molecule has 19 heavy (non-hydrogen) atoms. The van der Waals surface area contributed by atoms with Crippen molar-refractivity contribution >= 4 is 18.2 Å². The van der Waals surface area contributed by atoms with Crippen molar-refractivity contribution in [2.45, 2.75) is 26.2 Å². The summed E-state index contributed by atoms with van der Waals surface area (Å²) in [7, 11) is 0. The highest BCUT2D eigenvalue weighted by atomic mass is 32.1. The van der Waals surface area contributed by atoms with Crippen LogP contribution >= 0.6 is 12.2 Å². The number of H-pyrrole nitrogens is 1. The molecule has 0 unspecified atom stereocenters. The van der Waals surface area contributed by atoms with Crippen molar-refractivity contribution in [3.05, 3.63) is 34.6 Å². The van der Waals surface area contributed by atoms with E-state index >= 15 is 0 Å². The van der Waals surface area contributed by atoms with Gasteiger partial charge in [-0.3, -0.25) is 4.57 Å². The Balaban J connectivity index is 2.02. The van der Waals surface area contributed by atoms with E-state index in [1.54, 1.807) is 0 Å². The summed E-state index contributed by atoms with van der Waals surface area (Å²) < 4.78 is 2.68. The smallest absolute Gasteiger partial charge is 0.230 e. The first-order valence-corrected chi connectivity index (χ1v) is 7.16. The lowest BCUT2D eigenvalue weighted by Crippen LogP contribution is -2.31. The van der Waals surface area contributed by atoms with E-state index in [2.05, 4.69) is 46.3 Å². The first-order chi connectivity index (χ1) is 9.25. The van der Waals surface area contributed by atoms with Crippen LogP contribution < -0.4 is 4.90 Å². The number of nitrogens with one attached hydrogen (secondary N) is 1. The molecule has 2 heterocycles. The van der Waals surface area contributed by atoms with Gasteiger partial charge in [0.2, 0.25) is 10.7 Å². The van der Waals surface area contributed by atoms with Gasteiger partial charge in [0.15, 0.2) is 0 Å². The topological polar surface area (TPSA) is 36.9 Å². The Bertz CT molecular complexity index is 605. The van der Waals surface area contributed by atoms with Gasteiger partial charge in [-0.1, -0.05) is 17.7 Å². The van der Waals surface area contributed by atoms with Crippen molar-refractivity contribution in [3.8, 4) is 5.69 Å². The molecule has 3 rings (SSSR count). The maximum absolute atomic E-state index is 5.38. The van der Waals surface area contributed by atoms with E-state index in [9.17, 15) is 0 Å². The minimum atomic E-state index is 0.657. The number of hydrogen-bond acceptors (Lipinski definition) is 3. The van der Waals surface area contributed by atoms with Gasteiger partial charge in [-0.25, -0.2) is 5.10 Å². The molecule has 0 bridgehead atoms. The van der Waals surface area contributed by atoms with E-state index in [-0.39, 0.29) is 0 Å². The van der Waals surface area contributed by atoms with Crippen LogP contribution in [0, 0.1) is 11.7 Å². The molecule has 1 saturated heterocycles. The maximum atomic E-state index is 5.38. The van der Waals surface area contributed by atoms with Crippen LogP contribution in [0.3, 0.4) is 0 Å². The Labute approximate surface area is 118 Å². The van der Waals surface area contributed by atoms with Crippen molar-refractivity contribution in [2.24, 2.45) is 0 Å². The number of rotatable bonds is 2. The number of aromatic amines is 1. The molecule has 5 heteroatoms. The highest BCUT2D eigenvalue weighted by molar-refractivity contribution is 7.71. The molecule has 1 N–H and O–H groups in total. The predicted octanol–water partition coefficient (Wildman–Crippen LogP) is 3.23. The van der Waals surface area contributed by atoms with Crippen molar-refractivity contribution in [3.63, 3.8) is 0 Å². The van der Waals surface area contributed by atoms with Gasteiger partial charge in [-0.2, -0.15) is 0 Å². The summed E-state index contributed by atoms with van der Waals surface area (Å²) in [6.07, 6.45) is 3.77. The summed E-state index contributed by atoms with van der Waals surface area (Å²) in [5, 5.41) is 7.33. The third kappa shape index (κ3) is 2.42. The molecule has 0 atom stereocenters. The summed E-state index contributed by atoms with van der Waals surface area (Å²) >= 11 is 5.38. The zero-order valence-corrected chi connectivity index (χ0v) is 11.9. The van der Waals surface area contributed by atoms with Gasteiger partial charge in [0.1, 0.15) is 0 Å². The van der Waals surface area contributed by atoms with Crippen LogP contribution in [0.15, 0.2) is 24.3 Å². The normalized spacial score (nSPS) is 15.7. The molecule has 0 saturated carbocycles. The lowest BCUT2D eigenvalue weighted by Gasteiger charge is -2.27. The molecular weight excluding hydrogens is 256 g/mol. The SMILES string of the molecule is Cc1ccc(-n2c(N3CCCCC3)n[nH]c2=S)cc1. The third-order valence-corrected chi connectivity index (χ3v) is 3.86. The monoisotopic (exact) mass is 274 g/mol. The zero-order chi connectivity index (χ0) is 13.2. The van der Waals surface area contributed by atoms with E-state index in [4.69, 9.17) is 12.2 Å². The molecule has 0 radical (unpaired) electrons. The Kier molecular flexibility index (Phi) is 3.38. The summed E-state index contributed by atoms with van der Waals surface area (Å²) in [4.78, 5) is 2.32. The predicted molar refractivity (Wildman–Crippen MR) is 79.5 cm³/mol. The van der Waals surface area contributed by atoms with Crippen LogP contribution in [-0.2, 0) is 0 Å². The van der Waals surface area contributed by atoms with Crippen molar-refractivity contribution < 1.29 is 0 Å². The number of benzene rings is 1. The molecule has 1 fully saturated rings. The van der Waals surface area contributed by atoms with Gasteiger partial charge >= 0.3 is 0 Å². The number of anilines is 1. The molecule has 1 aliphatic rings. The van der Waals surface area contributed by atoms with Crippen LogP contribution in [0.4, 0.5) is 5.95 Å². The summed E-state index contributed by atoms with van der Waals surface area (Å²) in [5.41, 5.74) is 2.32. The van der Waals surface area contributed by atoms with Crippen LogP contribution in [0.2, 0.25) is 0 Å². The quantitative estimate of drug-likeness (QED) is 0.854. The summed E-state index contributed by atoms with van der Waals surface area (Å²) in [6.45, 7) is 4.21. The summed E-state index contributed by atoms with van der Waals surface area (Å²) in [5.74, 6) is 0.938. The van der Waals surface area contributed by atoms with Crippen LogP contribution in [-0.4, -0.2) is 27.9 Å². The molecule has 2 aromatic rings. The highest BCUT2D eigenvalue weighted by Gasteiger charge is 2.17. The van der Waals surface area contributed by atoms with Crippen LogP contribution in [0.25, 0.3) is 5.69 Å². The standard InChI is InChI=1S/C14H18N4S/c1-11-5-7-12(8-6-11)18-13(15-16-14(18)19)17-9-3-2-4-10-17/h5-8H,2-4,9-10H2,1H3,(H,16,19). The summed E-state index contributed by atoms with van der Waals surface area (Å²) in [6, 6.07) is 8.39. The number of piperidine rings is 1. The molecule has 1 aromatic heterocycles. The van der Waals surface area contributed by atoms with Crippen LogP contribution in [0.1, 0.15) is 24.8 Å². The molecule has 0 aliphatic carbocycles. The van der Waals surface area contributed by atoms with E-state index in [1.165, 1.54) is 24.8 Å². The Morgan fingerprint density at radius 2 is 1.79 bits per heavy atom. The Morgan fingerprint density at radius 3 is 2.47 bits per heavy atom. The molecule has 0 spiro atoms. The molecule has 1 aliphatic heterocycles. The minimum Gasteiger partial charge on any atom is -0.341 e. The van der Waals surface area contributed by atoms with Gasteiger partial charge in [0, 0.05) is 13.1 Å². The largest absolute Gasteiger partial charge is 0.341 e. The first-order valence-electron chi connectivity index (χ1n) is 6.75. The van der Waals surface area contributed by atoms with Crippen molar-refractivity contribution in [2.75, 3.05) is 18.0 Å². The fourth-order valence-corrected chi connectivity index (χ4v) is 2.75.